The lowest BCUT2D eigenvalue weighted by atomic mass is 9.98. The zero-order valence-corrected chi connectivity index (χ0v) is 14.8. The van der Waals surface area contributed by atoms with Gasteiger partial charge in [-0.1, -0.05) is 48.0 Å². The first-order valence-electron chi connectivity index (χ1n) is 8.67. The van der Waals surface area contributed by atoms with E-state index >= 15 is 0 Å². The number of benzene rings is 2. The van der Waals surface area contributed by atoms with Crippen LogP contribution in [-0.2, 0) is 9.53 Å². The van der Waals surface area contributed by atoms with Crippen LogP contribution in [0.1, 0.15) is 51.6 Å². The van der Waals surface area contributed by atoms with E-state index in [2.05, 4.69) is 5.32 Å². The van der Waals surface area contributed by atoms with Gasteiger partial charge in [-0.15, -0.1) is 0 Å². The second kappa shape index (κ2) is 7.52. The van der Waals surface area contributed by atoms with Gasteiger partial charge in [0, 0.05) is 17.2 Å². The van der Waals surface area contributed by atoms with E-state index < -0.39 is 12.1 Å². The molecule has 0 spiro atoms. The molecule has 5 heteroatoms. The average Bonchev–Trinajstić information content (AvgIpc) is 3.45. The van der Waals surface area contributed by atoms with Gasteiger partial charge in [0.1, 0.15) is 0 Å². The van der Waals surface area contributed by atoms with Gasteiger partial charge in [-0.2, -0.15) is 0 Å². The van der Waals surface area contributed by atoms with E-state index in [-0.39, 0.29) is 28.9 Å². The molecular weight excluding hydrogens is 330 g/mol. The summed E-state index contributed by atoms with van der Waals surface area (Å²) in [5.41, 5.74) is 1.96. The number of hydrogen-bond acceptors (Lipinski definition) is 4. The van der Waals surface area contributed by atoms with Crippen LogP contribution in [0.25, 0.3) is 0 Å². The Kier molecular flexibility index (Phi) is 5.16. The molecule has 0 saturated heterocycles. The van der Waals surface area contributed by atoms with Crippen molar-refractivity contribution in [2.24, 2.45) is 0 Å². The third-order valence-corrected chi connectivity index (χ3v) is 4.28. The minimum atomic E-state index is -0.911. The van der Waals surface area contributed by atoms with Crippen molar-refractivity contribution in [1.82, 2.24) is 5.32 Å². The summed E-state index contributed by atoms with van der Waals surface area (Å²) >= 11 is 0. The number of esters is 1. The fourth-order valence-corrected chi connectivity index (χ4v) is 2.54. The molecule has 134 valence electrons. The third kappa shape index (κ3) is 4.17. The number of hydrogen-bond donors (Lipinski definition) is 1. The highest BCUT2D eigenvalue weighted by Crippen LogP contribution is 2.20. The van der Waals surface area contributed by atoms with Gasteiger partial charge in [0.2, 0.25) is 0 Å². The fraction of sp³-hybridized carbons (Fsp3) is 0.286. The highest BCUT2D eigenvalue weighted by molar-refractivity contribution is 6.14. The SMILES string of the molecule is Cc1ccc(C(=O)c2ccccc2C(=O)O[C@H](C)C(=O)NC2CC2)cc1. The number of carbonyl (C=O) groups excluding carboxylic acids is 3. The topological polar surface area (TPSA) is 72.5 Å². The van der Waals surface area contributed by atoms with E-state index in [4.69, 9.17) is 4.74 Å². The maximum atomic E-state index is 12.8. The summed E-state index contributed by atoms with van der Waals surface area (Å²) in [6, 6.07) is 13.8. The Balaban J connectivity index is 1.77. The zero-order valence-electron chi connectivity index (χ0n) is 14.8. The highest BCUT2D eigenvalue weighted by Gasteiger charge is 2.28. The number of amides is 1. The molecule has 1 N–H and O–H groups in total. The molecule has 0 radical (unpaired) electrons. The standard InChI is InChI=1S/C21H21NO4/c1-13-7-9-15(10-8-13)19(23)17-5-3-4-6-18(17)21(25)26-14(2)20(24)22-16-11-12-16/h3-10,14,16H,11-12H2,1-2H3,(H,22,24)/t14-/m1/s1. The zero-order chi connectivity index (χ0) is 18.7. The summed E-state index contributed by atoms with van der Waals surface area (Å²) < 4.78 is 5.27. The van der Waals surface area contributed by atoms with Crippen LogP contribution in [0, 0.1) is 6.92 Å². The fourth-order valence-electron chi connectivity index (χ4n) is 2.54. The molecule has 0 heterocycles. The molecule has 1 atom stereocenters. The summed E-state index contributed by atoms with van der Waals surface area (Å²) in [5, 5.41) is 2.80. The molecule has 2 aromatic rings. The first-order valence-corrected chi connectivity index (χ1v) is 8.67. The molecule has 2 aromatic carbocycles. The molecule has 26 heavy (non-hydrogen) atoms. The Hall–Kier alpha value is -2.95. The Bertz CT molecular complexity index is 837. The highest BCUT2D eigenvalue weighted by atomic mass is 16.5. The molecule has 1 aliphatic carbocycles. The maximum Gasteiger partial charge on any atom is 0.339 e. The van der Waals surface area contributed by atoms with E-state index in [1.165, 1.54) is 13.0 Å². The Labute approximate surface area is 152 Å². The largest absolute Gasteiger partial charge is 0.449 e. The first kappa shape index (κ1) is 17.9. The van der Waals surface area contributed by atoms with Gasteiger partial charge < -0.3 is 10.1 Å². The number of ketones is 1. The Morgan fingerprint density at radius 2 is 1.62 bits per heavy atom. The van der Waals surface area contributed by atoms with Gasteiger partial charge in [-0.05, 0) is 32.8 Å². The van der Waals surface area contributed by atoms with Crippen LogP contribution in [0.15, 0.2) is 48.5 Å². The number of ether oxygens (including phenoxy) is 1. The van der Waals surface area contributed by atoms with Crippen LogP contribution in [0.5, 0.6) is 0 Å². The summed E-state index contributed by atoms with van der Waals surface area (Å²) in [7, 11) is 0. The molecule has 5 nitrogen and oxygen atoms in total. The van der Waals surface area contributed by atoms with Gasteiger partial charge in [-0.25, -0.2) is 4.79 Å². The summed E-state index contributed by atoms with van der Waals surface area (Å²) in [6.07, 6.45) is 1.01. The van der Waals surface area contributed by atoms with Gasteiger partial charge in [0.15, 0.2) is 11.9 Å². The van der Waals surface area contributed by atoms with Gasteiger partial charge in [0.25, 0.3) is 5.91 Å². The number of aryl methyl sites for hydroxylation is 1. The Morgan fingerprint density at radius 1 is 1.00 bits per heavy atom. The van der Waals surface area contributed by atoms with E-state index in [0.29, 0.717) is 5.56 Å². The predicted molar refractivity (Wildman–Crippen MR) is 97.1 cm³/mol. The van der Waals surface area contributed by atoms with Crippen LogP contribution in [0.2, 0.25) is 0 Å². The molecule has 3 rings (SSSR count). The van der Waals surface area contributed by atoms with Crippen molar-refractivity contribution in [3.05, 3.63) is 70.8 Å². The second-order valence-corrected chi connectivity index (χ2v) is 6.57. The third-order valence-electron chi connectivity index (χ3n) is 4.28. The molecule has 0 bridgehead atoms. The van der Waals surface area contributed by atoms with Crippen molar-refractivity contribution < 1.29 is 19.1 Å². The second-order valence-electron chi connectivity index (χ2n) is 6.57. The van der Waals surface area contributed by atoms with Crippen LogP contribution < -0.4 is 5.32 Å². The van der Waals surface area contributed by atoms with Crippen LogP contribution in [-0.4, -0.2) is 29.8 Å². The molecule has 1 amide bonds. The average molecular weight is 351 g/mol. The van der Waals surface area contributed by atoms with Crippen LogP contribution in [0.3, 0.4) is 0 Å². The van der Waals surface area contributed by atoms with E-state index in [9.17, 15) is 14.4 Å². The van der Waals surface area contributed by atoms with E-state index in [1.54, 1.807) is 30.3 Å². The smallest absolute Gasteiger partial charge is 0.339 e. The van der Waals surface area contributed by atoms with E-state index in [1.807, 2.05) is 19.1 Å². The van der Waals surface area contributed by atoms with Crippen molar-refractivity contribution >= 4 is 17.7 Å². The van der Waals surface area contributed by atoms with Crippen molar-refractivity contribution in [3.63, 3.8) is 0 Å². The monoisotopic (exact) mass is 351 g/mol. The summed E-state index contributed by atoms with van der Waals surface area (Å²) in [5.74, 6) is -1.25. The van der Waals surface area contributed by atoms with Crippen molar-refractivity contribution in [3.8, 4) is 0 Å². The molecule has 1 saturated carbocycles. The normalized spacial score (nSPS) is 14.4. The Morgan fingerprint density at radius 3 is 2.23 bits per heavy atom. The molecular formula is C21H21NO4. The van der Waals surface area contributed by atoms with Gasteiger partial charge in [0.05, 0.1) is 5.56 Å². The van der Waals surface area contributed by atoms with Crippen molar-refractivity contribution in [2.75, 3.05) is 0 Å². The predicted octanol–water partition coefficient (Wildman–Crippen LogP) is 3.05. The van der Waals surface area contributed by atoms with Crippen LogP contribution in [0.4, 0.5) is 0 Å². The molecule has 1 aliphatic rings. The van der Waals surface area contributed by atoms with Crippen molar-refractivity contribution in [1.29, 1.82) is 0 Å². The number of rotatable bonds is 6. The molecule has 0 unspecified atom stereocenters. The lowest BCUT2D eigenvalue weighted by Crippen LogP contribution is -2.37. The summed E-state index contributed by atoms with van der Waals surface area (Å²) in [4.78, 5) is 37.3. The van der Waals surface area contributed by atoms with Crippen LogP contribution >= 0.6 is 0 Å². The minimum Gasteiger partial charge on any atom is -0.449 e. The first-order chi connectivity index (χ1) is 12.5. The van der Waals surface area contributed by atoms with E-state index in [0.717, 1.165) is 18.4 Å². The maximum absolute atomic E-state index is 12.8. The lowest BCUT2D eigenvalue weighted by molar-refractivity contribution is -0.129. The van der Waals surface area contributed by atoms with Crippen molar-refractivity contribution in [2.45, 2.75) is 38.8 Å². The molecule has 0 aromatic heterocycles. The van der Waals surface area contributed by atoms with Gasteiger partial charge in [-0.3, -0.25) is 9.59 Å². The lowest BCUT2D eigenvalue weighted by Gasteiger charge is -2.14. The molecule has 1 fully saturated rings. The number of carbonyl (C=O) groups is 3. The van der Waals surface area contributed by atoms with Gasteiger partial charge >= 0.3 is 5.97 Å². The summed E-state index contributed by atoms with van der Waals surface area (Å²) in [6.45, 7) is 3.47. The minimum absolute atomic E-state index is 0.157. The quantitative estimate of drug-likeness (QED) is 0.641. The number of nitrogens with one attached hydrogen (secondary N) is 1. The molecule has 0 aliphatic heterocycles.